The average molecular weight is 486 g/mol. The van der Waals surface area contributed by atoms with Gasteiger partial charge in [-0.3, -0.25) is 0 Å². The molecule has 1 fully saturated rings. The van der Waals surface area contributed by atoms with E-state index in [0.29, 0.717) is 12.5 Å². The summed E-state index contributed by atoms with van der Waals surface area (Å²) in [6.45, 7) is 7.12. The molecule has 1 N–H and O–H groups in total. The van der Waals surface area contributed by atoms with Gasteiger partial charge in [-0.1, -0.05) is 44.2 Å². The van der Waals surface area contributed by atoms with Gasteiger partial charge in [-0.2, -0.15) is 0 Å². The molecule has 0 aliphatic heterocycles. The van der Waals surface area contributed by atoms with Crippen LogP contribution in [0, 0.1) is 0 Å². The van der Waals surface area contributed by atoms with Crippen molar-refractivity contribution in [2.45, 2.75) is 83.8 Å². The number of ether oxygens (including phenoxy) is 2. The van der Waals surface area contributed by atoms with E-state index in [1.807, 2.05) is 0 Å². The second-order valence-corrected chi connectivity index (χ2v) is 10.0. The van der Waals surface area contributed by atoms with Gasteiger partial charge in [0.2, 0.25) is 0 Å². The number of nitrogens with zero attached hydrogens (tertiary/aromatic N) is 2. The first-order valence-corrected chi connectivity index (χ1v) is 13.7. The summed E-state index contributed by atoms with van der Waals surface area (Å²) in [5.41, 5.74) is 8.27. The van der Waals surface area contributed by atoms with Crippen LogP contribution in [-0.4, -0.2) is 35.8 Å². The van der Waals surface area contributed by atoms with Crippen LogP contribution in [-0.2, 0) is 30.4 Å². The third-order valence-corrected chi connectivity index (χ3v) is 7.86. The van der Waals surface area contributed by atoms with Crippen LogP contribution in [0.25, 0.3) is 11.3 Å². The molecule has 1 saturated carbocycles. The Hall–Kier alpha value is -2.92. The van der Waals surface area contributed by atoms with E-state index in [1.165, 1.54) is 23.1 Å². The van der Waals surface area contributed by atoms with E-state index in [4.69, 9.17) is 19.4 Å². The highest BCUT2D eigenvalue weighted by molar-refractivity contribution is 5.72. The Kier molecular flexibility index (Phi) is 7.56. The smallest absolute Gasteiger partial charge is 0.148 e. The first kappa shape index (κ1) is 24.8. The Labute approximate surface area is 215 Å². The first-order valence-electron chi connectivity index (χ1n) is 13.7. The Morgan fingerprint density at radius 1 is 0.917 bits per heavy atom. The van der Waals surface area contributed by atoms with Crippen molar-refractivity contribution in [3.8, 4) is 17.0 Å². The summed E-state index contributed by atoms with van der Waals surface area (Å²) in [5.74, 6) is 2.29. The van der Waals surface area contributed by atoms with Gasteiger partial charge in [-0.25, -0.2) is 9.97 Å². The molecule has 0 amide bonds. The summed E-state index contributed by atoms with van der Waals surface area (Å²) in [6.07, 6.45) is 7.31. The van der Waals surface area contributed by atoms with Crippen LogP contribution in [0.3, 0.4) is 0 Å². The zero-order chi connectivity index (χ0) is 25.1. The molecule has 2 aliphatic rings. The minimum Gasteiger partial charge on any atom is -0.496 e. The molecular weight excluding hydrogens is 446 g/mol. The lowest BCUT2D eigenvalue weighted by Crippen LogP contribution is -2.31. The number of rotatable bonds is 9. The molecule has 190 valence electrons. The van der Waals surface area contributed by atoms with E-state index in [2.05, 4.69) is 68.6 Å². The van der Waals surface area contributed by atoms with Crippen molar-refractivity contribution in [2.75, 3.05) is 19.0 Å². The van der Waals surface area contributed by atoms with Crippen LogP contribution in [0.4, 0.5) is 5.82 Å². The molecule has 0 saturated heterocycles. The number of benzene rings is 2. The highest BCUT2D eigenvalue weighted by Crippen LogP contribution is 2.40. The molecule has 1 aromatic heterocycles. The lowest BCUT2D eigenvalue weighted by atomic mass is 9.97. The van der Waals surface area contributed by atoms with Crippen LogP contribution in [0.15, 0.2) is 42.5 Å². The van der Waals surface area contributed by atoms with Gasteiger partial charge in [-0.15, -0.1) is 0 Å². The van der Waals surface area contributed by atoms with Crippen LogP contribution in [0.2, 0.25) is 0 Å². The number of aromatic nitrogens is 2. The number of hydrogen-bond donors (Lipinski definition) is 1. The van der Waals surface area contributed by atoms with Crippen LogP contribution >= 0.6 is 0 Å². The fourth-order valence-electron chi connectivity index (χ4n) is 6.01. The maximum absolute atomic E-state index is 6.21. The number of anilines is 1. The first-order chi connectivity index (χ1) is 17.6. The predicted molar refractivity (Wildman–Crippen MR) is 146 cm³/mol. The normalized spacial score (nSPS) is 20.9. The zero-order valence-corrected chi connectivity index (χ0v) is 22.1. The van der Waals surface area contributed by atoms with E-state index in [-0.39, 0.29) is 12.1 Å². The summed E-state index contributed by atoms with van der Waals surface area (Å²) >= 11 is 0. The molecule has 5 nitrogen and oxygen atoms in total. The monoisotopic (exact) mass is 485 g/mol. The standard InChI is InChI=1S/C31H39N3O2/c1-5-25-30(24-16-21-14-11-15-22(21)18-28(24)35-4)32-26(6-2)31(33-25)34-27-17-23(19-29(27)36-7-3)20-12-9-8-10-13-20/h8-10,12-13,16,18,23,27,29H,5-7,11,14-15,17,19H2,1-4H3,(H,33,34)/t23-,27?,29+/m1/s1. The summed E-state index contributed by atoms with van der Waals surface area (Å²) < 4.78 is 12.0. The molecule has 0 spiro atoms. The molecule has 5 heteroatoms. The zero-order valence-electron chi connectivity index (χ0n) is 22.1. The molecule has 1 unspecified atom stereocenters. The van der Waals surface area contributed by atoms with Gasteiger partial charge >= 0.3 is 0 Å². The van der Waals surface area contributed by atoms with Crippen molar-refractivity contribution in [1.29, 1.82) is 0 Å². The van der Waals surface area contributed by atoms with Crippen LogP contribution in [0.1, 0.15) is 74.0 Å². The van der Waals surface area contributed by atoms with Gasteiger partial charge in [0.05, 0.1) is 36.3 Å². The third-order valence-electron chi connectivity index (χ3n) is 7.86. The lowest BCUT2D eigenvalue weighted by Gasteiger charge is -2.23. The van der Waals surface area contributed by atoms with Crippen molar-refractivity contribution >= 4 is 5.82 Å². The highest BCUT2D eigenvalue weighted by atomic mass is 16.5. The minimum absolute atomic E-state index is 0.160. The van der Waals surface area contributed by atoms with Crippen molar-refractivity contribution in [2.24, 2.45) is 0 Å². The molecule has 3 atom stereocenters. The van der Waals surface area contributed by atoms with Crippen molar-refractivity contribution in [3.63, 3.8) is 0 Å². The number of fused-ring (bicyclic) bond motifs is 1. The predicted octanol–water partition coefficient (Wildman–Crippen LogP) is 6.53. The van der Waals surface area contributed by atoms with Gasteiger partial charge in [-0.05, 0) is 86.6 Å². The largest absolute Gasteiger partial charge is 0.496 e. The van der Waals surface area contributed by atoms with E-state index in [1.54, 1.807) is 7.11 Å². The fraction of sp³-hybridized carbons (Fsp3) is 0.484. The van der Waals surface area contributed by atoms with E-state index in [0.717, 1.165) is 72.7 Å². The maximum atomic E-state index is 6.21. The number of methoxy groups -OCH3 is 1. The van der Waals surface area contributed by atoms with Crippen molar-refractivity contribution in [1.82, 2.24) is 9.97 Å². The number of aryl methyl sites for hydroxylation is 4. The SMILES string of the molecule is CCO[C@H]1C[C@H](c2ccccc2)CC1Nc1nc(CC)c(-c2cc3c(cc2OC)CCC3)nc1CC. The second-order valence-electron chi connectivity index (χ2n) is 10.0. The summed E-state index contributed by atoms with van der Waals surface area (Å²) in [6, 6.07) is 15.5. The highest BCUT2D eigenvalue weighted by Gasteiger charge is 2.36. The topological polar surface area (TPSA) is 56.3 Å². The summed E-state index contributed by atoms with van der Waals surface area (Å²) in [7, 11) is 1.76. The van der Waals surface area contributed by atoms with Crippen LogP contribution in [0.5, 0.6) is 5.75 Å². The molecule has 1 heterocycles. The Bertz CT molecular complexity index is 1190. The van der Waals surface area contributed by atoms with Gasteiger partial charge in [0, 0.05) is 12.2 Å². The molecule has 2 aliphatic carbocycles. The van der Waals surface area contributed by atoms with E-state index in [9.17, 15) is 0 Å². The molecule has 2 aromatic carbocycles. The quantitative estimate of drug-likeness (QED) is 0.373. The lowest BCUT2D eigenvalue weighted by molar-refractivity contribution is 0.0606. The maximum Gasteiger partial charge on any atom is 0.148 e. The average Bonchev–Trinajstić information content (AvgIpc) is 3.55. The Morgan fingerprint density at radius 3 is 2.36 bits per heavy atom. The van der Waals surface area contributed by atoms with E-state index < -0.39 is 0 Å². The van der Waals surface area contributed by atoms with Gasteiger partial charge < -0.3 is 14.8 Å². The molecular formula is C31H39N3O2. The molecule has 5 rings (SSSR count). The summed E-state index contributed by atoms with van der Waals surface area (Å²) in [5, 5.41) is 3.79. The number of nitrogens with one attached hydrogen (secondary N) is 1. The molecule has 0 bridgehead atoms. The molecule has 36 heavy (non-hydrogen) atoms. The van der Waals surface area contributed by atoms with Crippen molar-refractivity contribution in [3.05, 3.63) is 70.5 Å². The molecule has 0 radical (unpaired) electrons. The Balaban J connectivity index is 1.48. The Morgan fingerprint density at radius 2 is 1.67 bits per heavy atom. The van der Waals surface area contributed by atoms with Gasteiger partial charge in [0.25, 0.3) is 0 Å². The molecule has 3 aromatic rings. The fourth-order valence-corrected chi connectivity index (χ4v) is 6.01. The number of hydrogen-bond acceptors (Lipinski definition) is 5. The second kappa shape index (κ2) is 11.0. The van der Waals surface area contributed by atoms with E-state index >= 15 is 0 Å². The minimum atomic E-state index is 0.160. The summed E-state index contributed by atoms with van der Waals surface area (Å²) in [4.78, 5) is 10.4. The van der Waals surface area contributed by atoms with Gasteiger partial charge in [0.1, 0.15) is 11.6 Å². The van der Waals surface area contributed by atoms with Crippen LogP contribution < -0.4 is 10.1 Å². The van der Waals surface area contributed by atoms with Gasteiger partial charge in [0.15, 0.2) is 0 Å². The third kappa shape index (κ3) is 4.86. The van der Waals surface area contributed by atoms with Crippen molar-refractivity contribution < 1.29 is 9.47 Å².